The van der Waals surface area contributed by atoms with Crippen molar-refractivity contribution in [3.05, 3.63) is 88.6 Å². The van der Waals surface area contributed by atoms with Crippen LogP contribution in [0.15, 0.2) is 77.2 Å². The molecule has 0 atom stereocenters. The molecule has 0 radical (unpaired) electrons. The van der Waals surface area contributed by atoms with Gasteiger partial charge in [-0.25, -0.2) is 9.69 Å². The number of rotatable bonds is 11. The summed E-state index contributed by atoms with van der Waals surface area (Å²) in [6.45, 7) is 9.79. The third-order valence-corrected chi connectivity index (χ3v) is 8.01. The number of carbonyl (C=O) groups excluding carboxylic acids is 3. The standard InChI is InChI=1S/C33H38ClN5O6S/c1-32(2,3)45-31(42)39-17-14-23(27(30(39)41)29(40)38-46-25-11-9-10-22(34)28(25)43-6)37-18-21-13-16-35-19-24(21)44-20-33(4,5)26-12-7-8-15-36-26/h7-13,15-16,19,37H,14,17-18,20H2,1-6H3,(H,38,40). The van der Waals surface area contributed by atoms with E-state index >= 15 is 0 Å². The molecule has 46 heavy (non-hydrogen) atoms. The molecule has 2 aromatic heterocycles. The van der Waals surface area contributed by atoms with E-state index < -0.39 is 23.5 Å². The Morgan fingerprint density at radius 3 is 2.54 bits per heavy atom. The Labute approximate surface area is 278 Å². The number of pyridine rings is 2. The third-order valence-electron chi connectivity index (χ3n) is 6.88. The van der Waals surface area contributed by atoms with Crippen LogP contribution in [0.5, 0.6) is 11.5 Å². The van der Waals surface area contributed by atoms with Gasteiger partial charge in [0.1, 0.15) is 16.9 Å². The molecule has 2 N–H and O–H groups in total. The van der Waals surface area contributed by atoms with Crippen molar-refractivity contribution in [3.8, 4) is 11.5 Å². The number of imide groups is 1. The monoisotopic (exact) mass is 667 g/mol. The number of methoxy groups -OCH3 is 1. The molecule has 3 heterocycles. The number of ether oxygens (including phenoxy) is 3. The first-order chi connectivity index (χ1) is 21.8. The van der Waals surface area contributed by atoms with Gasteiger partial charge >= 0.3 is 6.09 Å². The molecular formula is C33H38ClN5O6S. The van der Waals surface area contributed by atoms with Crippen LogP contribution >= 0.6 is 23.5 Å². The van der Waals surface area contributed by atoms with Gasteiger partial charge in [-0.05, 0) is 63.1 Å². The summed E-state index contributed by atoms with van der Waals surface area (Å²) in [7, 11) is 1.47. The topological polar surface area (TPSA) is 132 Å². The van der Waals surface area contributed by atoms with Crippen molar-refractivity contribution in [3.63, 3.8) is 0 Å². The molecule has 1 aromatic carbocycles. The molecule has 244 valence electrons. The fourth-order valence-electron chi connectivity index (χ4n) is 4.52. The third kappa shape index (κ3) is 8.70. The second-order valence-electron chi connectivity index (χ2n) is 12.1. The van der Waals surface area contributed by atoms with Gasteiger partial charge in [0.2, 0.25) is 0 Å². The Balaban J connectivity index is 1.56. The van der Waals surface area contributed by atoms with E-state index in [1.165, 1.54) is 7.11 Å². The van der Waals surface area contributed by atoms with E-state index in [9.17, 15) is 14.4 Å². The van der Waals surface area contributed by atoms with Gasteiger partial charge in [-0.15, -0.1) is 0 Å². The maximum atomic E-state index is 13.7. The summed E-state index contributed by atoms with van der Waals surface area (Å²) >= 11 is 7.18. The first-order valence-electron chi connectivity index (χ1n) is 14.6. The summed E-state index contributed by atoms with van der Waals surface area (Å²) in [6, 6.07) is 12.7. The van der Waals surface area contributed by atoms with E-state index in [1.54, 1.807) is 63.6 Å². The van der Waals surface area contributed by atoms with Crippen molar-refractivity contribution < 1.29 is 28.6 Å². The molecule has 0 bridgehead atoms. The lowest BCUT2D eigenvalue weighted by Crippen LogP contribution is -2.48. The lowest BCUT2D eigenvalue weighted by Gasteiger charge is -2.31. The number of aromatic nitrogens is 2. The normalized spacial score (nSPS) is 13.7. The highest BCUT2D eigenvalue weighted by Crippen LogP contribution is 2.34. The number of hydrogen-bond donors (Lipinski definition) is 2. The molecule has 0 saturated heterocycles. The zero-order valence-electron chi connectivity index (χ0n) is 26.7. The number of halogens is 1. The SMILES string of the molecule is COc1c(Cl)cccc1SNC(=O)C1=C(NCc2ccncc2OCC(C)(C)c2ccccn2)CCN(C(=O)OC(C)(C)C)C1=O. The van der Waals surface area contributed by atoms with Crippen LogP contribution in [0.2, 0.25) is 5.02 Å². The summed E-state index contributed by atoms with van der Waals surface area (Å²) in [5.74, 6) is -0.547. The quantitative estimate of drug-likeness (QED) is 0.190. The molecule has 11 nitrogen and oxygen atoms in total. The maximum absolute atomic E-state index is 13.7. The van der Waals surface area contributed by atoms with E-state index in [0.717, 1.165) is 28.1 Å². The molecule has 0 unspecified atom stereocenters. The lowest BCUT2D eigenvalue weighted by atomic mass is 9.90. The molecule has 4 rings (SSSR count). The number of hydrogen-bond acceptors (Lipinski definition) is 10. The fourth-order valence-corrected chi connectivity index (χ4v) is 5.56. The molecule has 13 heteroatoms. The highest BCUT2D eigenvalue weighted by Gasteiger charge is 2.37. The smallest absolute Gasteiger partial charge is 0.417 e. The van der Waals surface area contributed by atoms with Gasteiger partial charge in [-0.3, -0.25) is 24.3 Å². The lowest BCUT2D eigenvalue weighted by molar-refractivity contribution is -0.130. The molecule has 3 aromatic rings. The molecule has 3 amide bonds. The minimum atomic E-state index is -0.829. The number of carbonyl (C=O) groups is 3. The van der Waals surface area contributed by atoms with Crippen LogP contribution in [-0.4, -0.2) is 58.6 Å². The molecule has 1 aliphatic heterocycles. The van der Waals surface area contributed by atoms with Crippen molar-refractivity contribution in [2.24, 2.45) is 0 Å². The molecule has 0 spiro atoms. The van der Waals surface area contributed by atoms with Crippen molar-refractivity contribution in [2.45, 2.75) is 63.5 Å². The summed E-state index contributed by atoms with van der Waals surface area (Å²) in [5, 5.41) is 3.62. The fraction of sp³-hybridized carbons (Fsp3) is 0.364. The van der Waals surface area contributed by atoms with E-state index in [1.807, 2.05) is 32.0 Å². The van der Waals surface area contributed by atoms with Crippen LogP contribution in [0.3, 0.4) is 0 Å². The maximum Gasteiger partial charge on any atom is 0.417 e. The van der Waals surface area contributed by atoms with Crippen LogP contribution in [0, 0.1) is 0 Å². The minimum absolute atomic E-state index is 0.0279. The molecule has 0 fully saturated rings. The van der Waals surface area contributed by atoms with E-state index in [-0.39, 0.29) is 30.5 Å². The predicted octanol–water partition coefficient (Wildman–Crippen LogP) is 5.83. The van der Waals surface area contributed by atoms with Crippen molar-refractivity contribution in [1.29, 1.82) is 0 Å². The first kappa shape index (κ1) is 34.6. The Kier molecular flexibility index (Phi) is 11.2. The Bertz CT molecular complexity index is 1610. The van der Waals surface area contributed by atoms with Crippen LogP contribution in [-0.2, 0) is 26.3 Å². The highest BCUT2D eigenvalue weighted by atomic mass is 35.5. The Hall–Kier alpha value is -4.29. The van der Waals surface area contributed by atoms with Gasteiger partial charge < -0.3 is 19.5 Å². The predicted molar refractivity (Wildman–Crippen MR) is 175 cm³/mol. The average Bonchev–Trinajstić information content (AvgIpc) is 3.01. The summed E-state index contributed by atoms with van der Waals surface area (Å²) in [6.07, 6.45) is 4.38. The summed E-state index contributed by atoms with van der Waals surface area (Å²) < 4.78 is 19.7. The van der Waals surface area contributed by atoms with Gasteiger partial charge in [-0.2, -0.15) is 0 Å². The zero-order valence-corrected chi connectivity index (χ0v) is 28.3. The van der Waals surface area contributed by atoms with Gasteiger partial charge in [-0.1, -0.05) is 37.6 Å². The number of nitrogens with zero attached hydrogens (tertiary/aromatic N) is 3. The Morgan fingerprint density at radius 2 is 1.85 bits per heavy atom. The van der Waals surface area contributed by atoms with Crippen molar-refractivity contribution in [2.75, 3.05) is 20.3 Å². The number of para-hydroxylation sites is 1. The molecular weight excluding hydrogens is 630 g/mol. The van der Waals surface area contributed by atoms with Gasteiger partial charge in [0.15, 0.2) is 5.75 Å². The Morgan fingerprint density at radius 1 is 1.07 bits per heavy atom. The first-order valence-corrected chi connectivity index (χ1v) is 15.8. The van der Waals surface area contributed by atoms with Gasteiger partial charge in [0.25, 0.3) is 11.8 Å². The number of benzene rings is 1. The average molecular weight is 668 g/mol. The summed E-state index contributed by atoms with van der Waals surface area (Å²) in [5.41, 5.74) is 0.613. The van der Waals surface area contributed by atoms with Crippen LogP contribution < -0.4 is 19.5 Å². The van der Waals surface area contributed by atoms with Crippen LogP contribution in [0.4, 0.5) is 4.79 Å². The molecule has 0 aliphatic carbocycles. The number of amides is 3. The molecule has 1 aliphatic rings. The highest BCUT2D eigenvalue weighted by molar-refractivity contribution is 7.98. The van der Waals surface area contributed by atoms with Crippen LogP contribution in [0.25, 0.3) is 0 Å². The number of nitrogens with one attached hydrogen (secondary N) is 2. The second-order valence-corrected chi connectivity index (χ2v) is 13.3. The minimum Gasteiger partial charge on any atom is -0.494 e. The molecule has 0 saturated carbocycles. The van der Waals surface area contributed by atoms with E-state index in [2.05, 4.69) is 20.0 Å². The largest absolute Gasteiger partial charge is 0.494 e. The second kappa shape index (κ2) is 14.9. The van der Waals surface area contributed by atoms with Crippen molar-refractivity contribution in [1.82, 2.24) is 24.9 Å². The van der Waals surface area contributed by atoms with Crippen LogP contribution in [0.1, 0.15) is 52.3 Å². The van der Waals surface area contributed by atoms with Gasteiger partial charge in [0, 0.05) is 54.3 Å². The summed E-state index contributed by atoms with van der Waals surface area (Å²) in [4.78, 5) is 50.4. The van der Waals surface area contributed by atoms with E-state index in [4.69, 9.17) is 25.8 Å². The van der Waals surface area contributed by atoms with Crippen molar-refractivity contribution >= 4 is 41.5 Å². The zero-order chi connectivity index (χ0) is 33.5. The van der Waals surface area contributed by atoms with E-state index in [0.29, 0.717) is 33.7 Å². The van der Waals surface area contributed by atoms with Gasteiger partial charge in [0.05, 0.1) is 29.8 Å².